The van der Waals surface area contributed by atoms with Gasteiger partial charge in [0.15, 0.2) is 6.10 Å². The van der Waals surface area contributed by atoms with Crippen LogP contribution in [0.15, 0.2) is 24.3 Å². The molecule has 1 heterocycles. The van der Waals surface area contributed by atoms with Gasteiger partial charge in [-0.2, -0.15) is 0 Å². The van der Waals surface area contributed by atoms with Gasteiger partial charge in [-0.05, 0) is 31.2 Å². The largest absolute Gasteiger partial charge is 0.453 e. The van der Waals surface area contributed by atoms with Crippen LogP contribution in [0.2, 0.25) is 0 Å². The van der Waals surface area contributed by atoms with E-state index in [0.29, 0.717) is 11.3 Å². The van der Waals surface area contributed by atoms with E-state index in [4.69, 9.17) is 4.74 Å². The molecular weight excluding hydrogens is 342 g/mol. The smallest absolute Gasteiger partial charge is 0.327 e. The zero-order chi connectivity index (χ0) is 19.4. The van der Waals surface area contributed by atoms with Crippen LogP contribution >= 0.6 is 0 Å². The minimum Gasteiger partial charge on any atom is -0.453 e. The highest BCUT2D eigenvalue weighted by molar-refractivity contribution is 6.04. The molecule has 4 amide bonds. The molecule has 1 aromatic rings. The molecule has 0 radical (unpaired) electrons. The van der Waals surface area contributed by atoms with Crippen LogP contribution in [0, 0.1) is 0 Å². The average molecular weight is 361 g/mol. The summed E-state index contributed by atoms with van der Waals surface area (Å²) < 4.78 is 5.03. The monoisotopic (exact) mass is 361 g/mol. The van der Waals surface area contributed by atoms with E-state index in [9.17, 15) is 24.0 Å². The first kappa shape index (κ1) is 19.1. The van der Waals surface area contributed by atoms with Crippen molar-refractivity contribution in [3.8, 4) is 0 Å². The zero-order valence-electron chi connectivity index (χ0n) is 14.6. The molecule has 1 aromatic carbocycles. The molecule has 9 heteroatoms. The number of anilines is 1. The third kappa shape index (κ3) is 4.44. The van der Waals surface area contributed by atoms with Crippen molar-refractivity contribution in [1.82, 2.24) is 9.80 Å². The fraction of sp³-hybridized carbons (Fsp3) is 0.353. The molecular formula is C17H19N3O6. The van der Waals surface area contributed by atoms with Crippen molar-refractivity contribution in [2.24, 2.45) is 0 Å². The number of amides is 4. The molecule has 26 heavy (non-hydrogen) atoms. The highest BCUT2D eigenvalue weighted by Gasteiger charge is 2.35. The zero-order valence-corrected chi connectivity index (χ0v) is 14.6. The molecule has 0 bridgehead atoms. The van der Waals surface area contributed by atoms with Crippen LogP contribution in [0.4, 0.5) is 10.5 Å². The summed E-state index contributed by atoms with van der Waals surface area (Å²) in [6.07, 6.45) is -1.08. The van der Waals surface area contributed by atoms with Crippen molar-refractivity contribution >= 4 is 35.3 Å². The summed E-state index contributed by atoms with van der Waals surface area (Å²) >= 11 is 0. The fourth-order valence-corrected chi connectivity index (χ4v) is 2.40. The predicted molar refractivity (Wildman–Crippen MR) is 90.4 cm³/mol. The van der Waals surface area contributed by atoms with Crippen LogP contribution in [-0.2, 0) is 19.1 Å². The summed E-state index contributed by atoms with van der Waals surface area (Å²) in [5.74, 6) is -2.02. The van der Waals surface area contributed by atoms with E-state index in [1.165, 1.54) is 37.9 Å². The van der Waals surface area contributed by atoms with E-state index in [0.717, 1.165) is 4.90 Å². The second-order valence-corrected chi connectivity index (χ2v) is 5.87. The number of likely N-dealkylation sites (N-methyl/N-ethyl adjacent to an activating group) is 1. The Labute approximate surface area is 149 Å². The average Bonchev–Trinajstić information content (AvgIpc) is 2.80. The number of ketones is 1. The van der Waals surface area contributed by atoms with Gasteiger partial charge in [0.05, 0.1) is 0 Å². The minimum absolute atomic E-state index is 0.0960. The number of urea groups is 1. The van der Waals surface area contributed by atoms with E-state index in [2.05, 4.69) is 5.32 Å². The van der Waals surface area contributed by atoms with E-state index >= 15 is 0 Å². The highest BCUT2D eigenvalue weighted by atomic mass is 16.5. The number of benzene rings is 1. The lowest BCUT2D eigenvalue weighted by Gasteiger charge is -2.16. The number of hydrogen-bond donors (Lipinski definition) is 1. The highest BCUT2D eigenvalue weighted by Crippen LogP contribution is 2.13. The van der Waals surface area contributed by atoms with Gasteiger partial charge < -0.3 is 15.0 Å². The molecule has 1 N–H and O–H groups in total. The van der Waals surface area contributed by atoms with Gasteiger partial charge >= 0.3 is 12.0 Å². The third-order valence-electron chi connectivity index (χ3n) is 3.69. The van der Waals surface area contributed by atoms with Gasteiger partial charge in [0.25, 0.3) is 5.91 Å². The van der Waals surface area contributed by atoms with Gasteiger partial charge in [-0.1, -0.05) is 0 Å². The summed E-state index contributed by atoms with van der Waals surface area (Å²) in [6, 6.07) is 5.53. The number of hydrogen-bond acceptors (Lipinski definition) is 6. The first-order chi connectivity index (χ1) is 12.2. The summed E-state index contributed by atoms with van der Waals surface area (Å²) in [7, 11) is 1.45. The first-order valence-electron chi connectivity index (χ1n) is 7.86. The molecule has 1 aliphatic heterocycles. The molecule has 0 saturated carbocycles. The van der Waals surface area contributed by atoms with E-state index in [-0.39, 0.29) is 12.5 Å². The Bertz CT molecular complexity index is 758. The minimum atomic E-state index is -1.08. The van der Waals surface area contributed by atoms with E-state index in [1.807, 2.05) is 0 Å². The van der Waals surface area contributed by atoms with Crippen LogP contribution in [0.1, 0.15) is 24.2 Å². The van der Waals surface area contributed by atoms with Crippen molar-refractivity contribution in [3.63, 3.8) is 0 Å². The second-order valence-electron chi connectivity index (χ2n) is 5.87. The maximum atomic E-state index is 12.3. The first-order valence-corrected chi connectivity index (χ1v) is 7.86. The lowest BCUT2D eigenvalue weighted by atomic mass is 10.1. The number of rotatable bonds is 6. The number of Topliss-reactive ketones (excluding diaryl/α,β-unsaturated/α-hetero) is 1. The van der Waals surface area contributed by atoms with Crippen molar-refractivity contribution in [3.05, 3.63) is 29.8 Å². The van der Waals surface area contributed by atoms with Crippen molar-refractivity contribution in [2.75, 3.05) is 25.5 Å². The topological polar surface area (TPSA) is 113 Å². The van der Waals surface area contributed by atoms with Crippen LogP contribution < -0.4 is 5.32 Å². The standard InChI is InChI=1S/C17H19N3O6/c1-10(16(24)12-4-6-13(7-5-12)18-11(2)21)26-15(23)9-20-14(22)8-19(3)17(20)25/h4-7,10H,8-9H2,1-3H3,(H,18,21)/t10-/m1/s1. The SMILES string of the molecule is CC(=O)Nc1ccc(C(=O)[C@@H](C)OC(=O)CN2C(=O)CN(C)C2=O)cc1. The molecule has 0 aliphatic carbocycles. The number of esters is 1. The third-order valence-corrected chi connectivity index (χ3v) is 3.69. The Morgan fingerprint density at radius 3 is 2.31 bits per heavy atom. The van der Waals surface area contributed by atoms with Crippen molar-refractivity contribution < 1.29 is 28.7 Å². The van der Waals surface area contributed by atoms with Gasteiger partial charge in [-0.3, -0.25) is 24.1 Å². The van der Waals surface area contributed by atoms with Crippen molar-refractivity contribution in [1.29, 1.82) is 0 Å². The molecule has 138 valence electrons. The fourth-order valence-electron chi connectivity index (χ4n) is 2.40. The Hall–Kier alpha value is -3.23. The maximum Gasteiger partial charge on any atom is 0.327 e. The molecule has 2 rings (SSSR count). The van der Waals surface area contributed by atoms with E-state index in [1.54, 1.807) is 12.1 Å². The molecule has 0 spiro atoms. The van der Waals surface area contributed by atoms with Crippen molar-refractivity contribution in [2.45, 2.75) is 20.0 Å². The van der Waals surface area contributed by atoms with Crippen LogP contribution in [0.5, 0.6) is 0 Å². The lowest BCUT2D eigenvalue weighted by Crippen LogP contribution is -2.38. The molecule has 1 atom stereocenters. The number of nitrogens with one attached hydrogen (secondary N) is 1. The number of carbonyl (C=O) groups is 5. The number of ether oxygens (including phenoxy) is 1. The van der Waals surface area contributed by atoms with Crippen LogP contribution in [0.3, 0.4) is 0 Å². The summed E-state index contributed by atoms with van der Waals surface area (Å²) in [5.41, 5.74) is 0.835. The summed E-state index contributed by atoms with van der Waals surface area (Å²) in [4.78, 5) is 60.5. The summed E-state index contributed by atoms with van der Waals surface area (Å²) in [5, 5.41) is 2.58. The Balaban J connectivity index is 1.94. The van der Waals surface area contributed by atoms with Gasteiger partial charge in [0.2, 0.25) is 11.7 Å². The molecule has 1 fully saturated rings. The van der Waals surface area contributed by atoms with E-state index < -0.39 is 36.3 Å². The molecule has 1 saturated heterocycles. The number of imide groups is 1. The molecule has 0 unspecified atom stereocenters. The molecule has 9 nitrogen and oxygen atoms in total. The van der Waals surface area contributed by atoms with Gasteiger partial charge in [0, 0.05) is 25.2 Å². The molecule has 1 aliphatic rings. The lowest BCUT2D eigenvalue weighted by molar-refractivity contribution is -0.149. The number of carbonyl (C=O) groups excluding carboxylic acids is 5. The second kappa shape index (κ2) is 7.77. The Morgan fingerprint density at radius 1 is 1.19 bits per heavy atom. The van der Waals surface area contributed by atoms with Gasteiger partial charge in [0.1, 0.15) is 13.1 Å². The van der Waals surface area contributed by atoms with Crippen LogP contribution in [0.25, 0.3) is 0 Å². The Kier molecular flexibility index (Phi) is 5.71. The Morgan fingerprint density at radius 2 is 1.81 bits per heavy atom. The van der Waals surface area contributed by atoms with Gasteiger partial charge in [-0.15, -0.1) is 0 Å². The predicted octanol–water partition coefficient (Wildman–Crippen LogP) is 0.653. The molecule has 0 aromatic heterocycles. The number of nitrogens with zero attached hydrogens (tertiary/aromatic N) is 2. The summed E-state index contributed by atoms with van der Waals surface area (Å²) in [6.45, 7) is 2.14. The quantitative estimate of drug-likeness (QED) is 0.452. The maximum absolute atomic E-state index is 12.3. The van der Waals surface area contributed by atoms with Crippen LogP contribution in [-0.4, -0.2) is 65.6 Å². The normalized spacial score (nSPS) is 15.0. The van der Waals surface area contributed by atoms with Gasteiger partial charge in [-0.25, -0.2) is 4.79 Å².